The molecule has 0 aliphatic carbocycles. The molecule has 0 amide bonds. The molecule has 2 aromatic carbocycles. The molecule has 138 valence electrons. The smallest absolute Gasteiger partial charge is 0.345 e. The fourth-order valence-electron chi connectivity index (χ4n) is 2.71. The third-order valence-electron chi connectivity index (χ3n) is 4.10. The second-order valence-corrected chi connectivity index (χ2v) is 6.34. The van der Waals surface area contributed by atoms with Crippen molar-refractivity contribution in [2.45, 2.75) is 0 Å². The summed E-state index contributed by atoms with van der Waals surface area (Å²) in [6, 6.07) is 16.5. The summed E-state index contributed by atoms with van der Waals surface area (Å²) in [6.45, 7) is 0. The van der Waals surface area contributed by atoms with Crippen molar-refractivity contribution < 1.29 is 14.5 Å². The Morgan fingerprint density at radius 3 is 2.50 bits per heavy atom. The van der Waals surface area contributed by atoms with Crippen molar-refractivity contribution in [3.05, 3.63) is 93.8 Å². The first kappa shape index (κ1) is 17.7. The lowest BCUT2D eigenvalue weighted by molar-refractivity contribution is -0.385. The van der Waals surface area contributed by atoms with Gasteiger partial charge in [0.1, 0.15) is 11.4 Å². The van der Waals surface area contributed by atoms with Crippen LogP contribution in [0.5, 0.6) is 5.75 Å². The highest BCUT2D eigenvalue weighted by Crippen LogP contribution is 2.24. The number of nitro groups is 1. The van der Waals surface area contributed by atoms with Gasteiger partial charge in [0.2, 0.25) is 0 Å². The van der Waals surface area contributed by atoms with Crippen LogP contribution in [-0.4, -0.2) is 20.3 Å². The predicted molar refractivity (Wildman–Crippen MR) is 104 cm³/mol. The Balaban J connectivity index is 1.56. The number of aromatic nitrogens is 2. The quantitative estimate of drug-likeness (QED) is 0.215. The highest BCUT2D eigenvalue weighted by Gasteiger charge is 2.13. The second kappa shape index (κ2) is 7.13. The molecule has 8 heteroatoms. The van der Waals surface area contributed by atoms with Crippen molar-refractivity contribution in [2.75, 3.05) is 0 Å². The molecular weight excluding hydrogens is 382 g/mol. The molecule has 0 atom stereocenters. The van der Waals surface area contributed by atoms with Crippen LogP contribution in [0.15, 0.2) is 73.1 Å². The Morgan fingerprint density at radius 2 is 1.79 bits per heavy atom. The molecule has 0 saturated carbocycles. The van der Waals surface area contributed by atoms with Crippen molar-refractivity contribution in [1.82, 2.24) is 9.38 Å². The first-order chi connectivity index (χ1) is 13.5. The van der Waals surface area contributed by atoms with E-state index in [9.17, 15) is 14.9 Å². The number of hydrogen-bond donors (Lipinski definition) is 0. The van der Waals surface area contributed by atoms with Crippen LogP contribution in [0, 0.1) is 10.1 Å². The van der Waals surface area contributed by atoms with Crippen LogP contribution in [0.25, 0.3) is 16.9 Å². The summed E-state index contributed by atoms with van der Waals surface area (Å²) in [5.41, 5.74) is 2.29. The molecule has 4 rings (SSSR count). The lowest BCUT2D eigenvalue weighted by atomic mass is 10.1. The standard InChI is InChI=1S/C20H12ClN3O4/c21-17-4-2-1-3-16(17)20(25)28-15-8-5-13(6-9-15)18-12-23-11-14(24(26)27)7-10-19(23)22-18/h1-12H. The zero-order valence-electron chi connectivity index (χ0n) is 14.3. The van der Waals surface area contributed by atoms with Crippen LogP contribution in [-0.2, 0) is 0 Å². The van der Waals surface area contributed by atoms with Gasteiger partial charge in [-0.2, -0.15) is 0 Å². The van der Waals surface area contributed by atoms with Crippen LogP contribution in [0.2, 0.25) is 5.02 Å². The van der Waals surface area contributed by atoms with Crippen LogP contribution in [0.1, 0.15) is 10.4 Å². The number of rotatable bonds is 4. The van der Waals surface area contributed by atoms with Gasteiger partial charge in [0.05, 0.1) is 27.4 Å². The number of imidazole rings is 1. The van der Waals surface area contributed by atoms with E-state index >= 15 is 0 Å². The van der Waals surface area contributed by atoms with Crippen molar-refractivity contribution in [3.8, 4) is 17.0 Å². The van der Waals surface area contributed by atoms with Gasteiger partial charge in [0, 0.05) is 17.8 Å². The molecule has 0 saturated heterocycles. The van der Waals surface area contributed by atoms with E-state index < -0.39 is 10.9 Å². The van der Waals surface area contributed by atoms with E-state index in [1.165, 1.54) is 12.3 Å². The van der Waals surface area contributed by atoms with Crippen LogP contribution < -0.4 is 4.74 Å². The van der Waals surface area contributed by atoms with Crippen molar-refractivity contribution in [1.29, 1.82) is 0 Å². The number of nitrogens with zero attached hydrogens (tertiary/aromatic N) is 3. The number of ether oxygens (including phenoxy) is 1. The Bertz CT molecular complexity index is 1200. The first-order valence-electron chi connectivity index (χ1n) is 8.21. The second-order valence-electron chi connectivity index (χ2n) is 5.93. The molecule has 0 aliphatic heterocycles. The highest BCUT2D eigenvalue weighted by molar-refractivity contribution is 6.33. The SMILES string of the molecule is O=C(Oc1ccc(-c2cn3cc([N+](=O)[O-])ccc3n2)cc1)c1ccccc1Cl. The minimum atomic E-state index is -0.543. The number of fused-ring (bicyclic) bond motifs is 1. The average molecular weight is 394 g/mol. The minimum Gasteiger partial charge on any atom is -0.423 e. The van der Waals surface area contributed by atoms with Gasteiger partial charge in [-0.1, -0.05) is 23.7 Å². The number of carbonyl (C=O) groups is 1. The summed E-state index contributed by atoms with van der Waals surface area (Å²) in [5, 5.41) is 11.2. The lowest BCUT2D eigenvalue weighted by Crippen LogP contribution is -2.08. The third-order valence-corrected chi connectivity index (χ3v) is 4.43. The van der Waals surface area contributed by atoms with Crippen LogP contribution in [0.4, 0.5) is 5.69 Å². The number of benzene rings is 2. The van der Waals surface area contributed by atoms with Crippen molar-refractivity contribution >= 4 is 28.9 Å². The summed E-state index contributed by atoms with van der Waals surface area (Å²) < 4.78 is 6.95. The molecule has 28 heavy (non-hydrogen) atoms. The van der Waals surface area contributed by atoms with E-state index in [0.717, 1.165) is 5.56 Å². The monoisotopic (exact) mass is 393 g/mol. The molecule has 7 nitrogen and oxygen atoms in total. The van der Waals surface area contributed by atoms with E-state index in [4.69, 9.17) is 16.3 Å². The van der Waals surface area contributed by atoms with Gasteiger partial charge in [-0.25, -0.2) is 9.78 Å². The van der Waals surface area contributed by atoms with E-state index in [1.54, 1.807) is 65.2 Å². The van der Waals surface area contributed by atoms with Gasteiger partial charge in [-0.05, 0) is 42.5 Å². The maximum atomic E-state index is 12.2. The molecule has 0 aliphatic rings. The topological polar surface area (TPSA) is 86.7 Å². The Labute approximate surface area is 163 Å². The van der Waals surface area contributed by atoms with Crippen LogP contribution >= 0.6 is 11.6 Å². The van der Waals surface area contributed by atoms with Gasteiger partial charge < -0.3 is 4.74 Å². The maximum absolute atomic E-state index is 12.2. The number of hydrogen-bond acceptors (Lipinski definition) is 5. The van der Waals surface area contributed by atoms with E-state index in [-0.39, 0.29) is 11.3 Å². The van der Waals surface area contributed by atoms with Gasteiger partial charge in [0.15, 0.2) is 0 Å². The summed E-state index contributed by atoms with van der Waals surface area (Å²) >= 11 is 6.01. The molecule has 0 radical (unpaired) electrons. The Kier molecular flexibility index (Phi) is 4.50. The van der Waals surface area contributed by atoms with Crippen molar-refractivity contribution in [2.24, 2.45) is 0 Å². The number of halogens is 1. The lowest BCUT2D eigenvalue weighted by Gasteiger charge is -2.06. The predicted octanol–water partition coefficient (Wildman–Crippen LogP) is 4.78. The van der Waals surface area contributed by atoms with Crippen LogP contribution in [0.3, 0.4) is 0 Å². The molecule has 2 aromatic heterocycles. The molecule has 0 bridgehead atoms. The summed E-state index contributed by atoms with van der Waals surface area (Å²) in [7, 11) is 0. The fourth-order valence-corrected chi connectivity index (χ4v) is 2.92. The third kappa shape index (κ3) is 3.43. The Morgan fingerprint density at radius 1 is 1.04 bits per heavy atom. The van der Waals surface area contributed by atoms with Crippen molar-refractivity contribution in [3.63, 3.8) is 0 Å². The summed E-state index contributed by atoms with van der Waals surface area (Å²) in [5.74, 6) is -0.175. The largest absolute Gasteiger partial charge is 0.423 e. The molecule has 0 unspecified atom stereocenters. The molecule has 0 spiro atoms. The molecule has 0 fully saturated rings. The molecule has 2 heterocycles. The normalized spacial score (nSPS) is 10.8. The van der Waals surface area contributed by atoms with E-state index in [2.05, 4.69) is 4.98 Å². The van der Waals surface area contributed by atoms with Gasteiger partial charge in [0.25, 0.3) is 5.69 Å². The zero-order valence-corrected chi connectivity index (χ0v) is 15.0. The van der Waals surface area contributed by atoms with Gasteiger partial charge in [-0.15, -0.1) is 0 Å². The first-order valence-corrected chi connectivity index (χ1v) is 8.59. The minimum absolute atomic E-state index is 0.0155. The zero-order chi connectivity index (χ0) is 19.7. The molecule has 4 aromatic rings. The maximum Gasteiger partial charge on any atom is 0.345 e. The Hall–Kier alpha value is -3.71. The summed E-state index contributed by atoms with van der Waals surface area (Å²) in [4.78, 5) is 27.1. The average Bonchev–Trinajstić information content (AvgIpc) is 3.12. The van der Waals surface area contributed by atoms with E-state index in [0.29, 0.717) is 22.1 Å². The van der Waals surface area contributed by atoms with Gasteiger partial charge >= 0.3 is 5.97 Å². The number of esters is 1. The van der Waals surface area contributed by atoms with Gasteiger partial charge in [-0.3, -0.25) is 14.5 Å². The fraction of sp³-hybridized carbons (Fsp3) is 0. The molecule has 0 N–H and O–H groups in total. The van der Waals surface area contributed by atoms with E-state index in [1.807, 2.05) is 0 Å². The molecular formula is C20H12ClN3O4. The number of carbonyl (C=O) groups excluding carboxylic acids is 1. The highest BCUT2D eigenvalue weighted by atomic mass is 35.5. The summed E-state index contributed by atoms with van der Waals surface area (Å²) in [6.07, 6.45) is 3.11. The number of pyridine rings is 1.